The van der Waals surface area contributed by atoms with Crippen LogP contribution < -0.4 is 0 Å². The van der Waals surface area contributed by atoms with E-state index in [2.05, 4.69) is 5.10 Å². The van der Waals surface area contributed by atoms with Gasteiger partial charge in [-0.1, -0.05) is 12.1 Å². The number of aliphatic hydroxyl groups excluding tert-OH is 1. The van der Waals surface area contributed by atoms with E-state index in [1.54, 1.807) is 40.2 Å². The summed E-state index contributed by atoms with van der Waals surface area (Å²) in [6, 6.07) is 7.76. The highest BCUT2D eigenvalue weighted by Crippen LogP contribution is 2.32. The smallest absolute Gasteiger partial charge is 0.225 e. The van der Waals surface area contributed by atoms with E-state index in [4.69, 9.17) is 0 Å². The van der Waals surface area contributed by atoms with Crippen LogP contribution in [0.3, 0.4) is 0 Å². The molecule has 6 heteroatoms. The van der Waals surface area contributed by atoms with Gasteiger partial charge in [0.1, 0.15) is 5.82 Å². The predicted octanol–water partition coefficient (Wildman–Crippen LogP) is 1.75. The maximum absolute atomic E-state index is 13.4. The second-order valence-corrected chi connectivity index (χ2v) is 5.53. The lowest BCUT2D eigenvalue weighted by Crippen LogP contribution is -2.32. The summed E-state index contributed by atoms with van der Waals surface area (Å²) in [6.07, 6.45) is 3.65. The van der Waals surface area contributed by atoms with Crippen LogP contribution in [0.4, 0.5) is 4.39 Å². The first-order valence-electron chi connectivity index (χ1n) is 7.34. The van der Waals surface area contributed by atoms with Crippen molar-refractivity contribution < 1.29 is 14.3 Å². The zero-order valence-corrected chi connectivity index (χ0v) is 12.1. The third-order valence-electron chi connectivity index (χ3n) is 3.95. The van der Waals surface area contributed by atoms with Gasteiger partial charge in [0.15, 0.2) is 0 Å². The van der Waals surface area contributed by atoms with Crippen molar-refractivity contribution >= 4 is 5.91 Å². The second-order valence-electron chi connectivity index (χ2n) is 5.53. The minimum atomic E-state index is -0.568. The van der Waals surface area contributed by atoms with Crippen LogP contribution in [0.5, 0.6) is 0 Å². The van der Waals surface area contributed by atoms with Gasteiger partial charge in [0, 0.05) is 31.9 Å². The van der Waals surface area contributed by atoms with Crippen molar-refractivity contribution in [2.24, 2.45) is 0 Å². The number of hydrogen-bond acceptors (Lipinski definition) is 3. The van der Waals surface area contributed by atoms with Gasteiger partial charge in [0.25, 0.3) is 0 Å². The molecular weight excluding hydrogens is 285 g/mol. The number of benzene rings is 1. The largest absolute Gasteiger partial charge is 0.391 e. The third kappa shape index (κ3) is 3.17. The average Bonchev–Trinajstić information content (AvgIpc) is 3.14. The first-order valence-corrected chi connectivity index (χ1v) is 7.34. The first kappa shape index (κ1) is 14.7. The lowest BCUT2D eigenvalue weighted by Gasteiger charge is -2.25. The van der Waals surface area contributed by atoms with E-state index in [-0.39, 0.29) is 17.8 Å². The Balaban J connectivity index is 1.71. The first-order chi connectivity index (χ1) is 10.6. The maximum Gasteiger partial charge on any atom is 0.225 e. The second kappa shape index (κ2) is 6.27. The molecule has 0 bridgehead atoms. The third-order valence-corrected chi connectivity index (χ3v) is 3.95. The molecule has 1 N–H and O–H groups in total. The van der Waals surface area contributed by atoms with E-state index in [0.717, 1.165) is 5.56 Å². The molecule has 2 atom stereocenters. The molecule has 0 spiro atoms. The molecule has 1 aromatic carbocycles. The van der Waals surface area contributed by atoms with Gasteiger partial charge in [-0.3, -0.25) is 9.48 Å². The van der Waals surface area contributed by atoms with Gasteiger partial charge in [0.2, 0.25) is 5.91 Å². The lowest BCUT2D eigenvalue weighted by atomic mass is 10.0. The van der Waals surface area contributed by atoms with Crippen molar-refractivity contribution in [3.63, 3.8) is 0 Å². The summed E-state index contributed by atoms with van der Waals surface area (Å²) in [5.74, 6) is -0.385. The molecule has 1 aliphatic heterocycles. The molecule has 0 unspecified atom stereocenters. The number of aromatic nitrogens is 2. The Hall–Kier alpha value is -2.21. The SMILES string of the molecule is O=C(CCn1cccn1)N1C[C@@H](O)C[C@H]1c1cccc(F)c1. The van der Waals surface area contributed by atoms with Crippen molar-refractivity contribution in [3.05, 3.63) is 54.1 Å². The molecule has 3 rings (SSSR count). The zero-order chi connectivity index (χ0) is 15.5. The van der Waals surface area contributed by atoms with Gasteiger partial charge < -0.3 is 10.0 Å². The van der Waals surface area contributed by atoms with E-state index < -0.39 is 6.10 Å². The Morgan fingerprint density at radius 1 is 1.41 bits per heavy atom. The Bertz CT molecular complexity index is 645. The molecule has 116 valence electrons. The van der Waals surface area contributed by atoms with E-state index in [1.807, 2.05) is 0 Å². The summed E-state index contributed by atoms with van der Waals surface area (Å²) in [6.45, 7) is 0.785. The van der Waals surface area contributed by atoms with Gasteiger partial charge in [-0.15, -0.1) is 0 Å². The Morgan fingerprint density at radius 3 is 3.00 bits per heavy atom. The molecule has 0 aliphatic carbocycles. The van der Waals surface area contributed by atoms with Crippen molar-refractivity contribution in [1.82, 2.24) is 14.7 Å². The fourth-order valence-electron chi connectivity index (χ4n) is 2.91. The van der Waals surface area contributed by atoms with E-state index in [1.165, 1.54) is 12.1 Å². The molecule has 0 saturated carbocycles. The van der Waals surface area contributed by atoms with Crippen LogP contribution in [0.1, 0.15) is 24.4 Å². The van der Waals surface area contributed by atoms with Crippen LogP contribution in [0.2, 0.25) is 0 Å². The van der Waals surface area contributed by atoms with Crippen molar-refractivity contribution in [2.75, 3.05) is 6.54 Å². The van der Waals surface area contributed by atoms with Crippen LogP contribution in [0.25, 0.3) is 0 Å². The number of likely N-dealkylation sites (tertiary alicyclic amines) is 1. The molecule has 1 aliphatic rings. The Labute approximate surface area is 128 Å². The number of rotatable bonds is 4. The van der Waals surface area contributed by atoms with E-state index in [9.17, 15) is 14.3 Å². The number of amides is 1. The summed E-state index contributed by atoms with van der Waals surface area (Å²) in [4.78, 5) is 14.1. The number of carbonyl (C=O) groups is 1. The summed E-state index contributed by atoms with van der Waals surface area (Å²) in [7, 11) is 0. The normalized spacial score (nSPS) is 21.3. The van der Waals surface area contributed by atoms with Crippen molar-refractivity contribution in [2.45, 2.75) is 31.5 Å². The monoisotopic (exact) mass is 303 g/mol. The van der Waals surface area contributed by atoms with E-state index >= 15 is 0 Å². The lowest BCUT2D eigenvalue weighted by molar-refractivity contribution is -0.132. The zero-order valence-electron chi connectivity index (χ0n) is 12.1. The minimum Gasteiger partial charge on any atom is -0.391 e. The maximum atomic E-state index is 13.4. The van der Waals surface area contributed by atoms with Gasteiger partial charge >= 0.3 is 0 Å². The fraction of sp³-hybridized carbons (Fsp3) is 0.375. The fourth-order valence-corrected chi connectivity index (χ4v) is 2.91. The number of hydrogen-bond donors (Lipinski definition) is 1. The van der Waals surface area contributed by atoms with Crippen LogP contribution in [-0.4, -0.2) is 38.3 Å². The summed E-state index contributed by atoms with van der Waals surface area (Å²) < 4.78 is 15.1. The number of halogens is 1. The number of β-amino-alcohol motifs (C(OH)–C–C–N with tert-alkyl or cyclic N) is 1. The van der Waals surface area contributed by atoms with Crippen LogP contribution in [-0.2, 0) is 11.3 Å². The van der Waals surface area contributed by atoms with Crippen molar-refractivity contribution in [1.29, 1.82) is 0 Å². The number of aliphatic hydroxyl groups is 1. The van der Waals surface area contributed by atoms with Gasteiger partial charge in [0.05, 0.1) is 12.1 Å². The van der Waals surface area contributed by atoms with Crippen LogP contribution in [0.15, 0.2) is 42.7 Å². The summed E-state index contributed by atoms with van der Waals surface area (Å²) in [5.41, 5.74) is 0.726. The standard InChI is InChI=1S/C16H18FN3O2/c17-13-4-1-3-12(9-13)15-10-14(21)11-20(15)16(22)5-8-19-7-2-6-18-19/h1-4,6-7,9,14-15,21H,5,8,10-11H2/t14-,15-/m0/s1. The number of aryl methyl sites for hydroxylation is 1. The quantitative estimate of drug-likeness (QED) is 0.936. The number of nitrogens with zero attached hydrogens (tertiary/aromatic N) is 3. The van der Waals surface area contributed by atoms with Crippen LogP contribution in [0, 0.1) is 5.82 Å². The molecule has 1 fully saturated rings. The van der Waals surface area contributed by atoms with Crippen LogP contribution >= 0.6 is 0 Å². The summed E-state index contributed by atoms with van der Waals surface area (Å²) in [5, 5.41) is 14.0. The molecule has 1 saturated heterocycles. The highest BCUT2D eigenvalue weighted by atomic mass is 19.1. The number of carbonyl (C=O) groups excluding carboxylic acids is 1. The molecule has 22 heavy (non-hydrogen) atoms. The predicted molar refractivity (Wildman–Crippen MR) is 78.3 cm³/mol. The van der Waals surface area contributed by atoms with Crippen molar-refractivity contribution in [3.8, 4) is 0 Å². The highest BCUT2D eigenvalue weighted by molar-refractivity contribution is 5.77. The minimum absolute atomic E-state index is 0.0543. The average molecular weight is 303 g/mol. The summed E-state index contributed by atoms with van der Waals surface area (Å²) >= 11 is 0. The van der Waals surface area contributed by atoms with Gasteiger partial charge in [-0.05, 0) is 30.2 Å². The molecule has 2 aromatic rings. The Morgan fingerprint density at radius 2 is 2.27 bits per heavy atom. The van der Waals surface area contributed by atoms with Gasteiger partial charge in [-0.25, -0.2) is 4.39 Å². The molecule has 1 amide bonds. The topological polar surface area (TPSA) is 58.4 Å². The van der Waals surface area contributed by atoms with Gasteiger partial charge in [-0.2, -0.15) is 5.10 Å². The molecule has 5 nitrogen and oxygen atoms in total. The molecule has 0 radical (unpaired) electrons. The highest BCUT2D eigenvalue weighted by Gasteiger charge is 2.35. The Kier molecular flexibility index (Phi) is 4.20. The molecular formula is C16H18FN3O2. The molecule has 2 heterocycles. The molecule has 1 aromatic heterocycles. The van der Waals surface area contributed by atoms with E-state index in [0.29, 0.717) is 25.9 Å².